The van der Waals surface area contributed by atoms with Crippen LogP contribution in [0.4, 0.5) is 4.39 Å². The smallest absolute Gasteiger partial charge is 0.230 e. The quantitative estimate of drug-likeness (QED) is 0.794. The molecule has 1 saturated heterocycles. The van der Waals surface area contributed by atoms with Crippen molar-refractivity contribution in [2.24, 2.45) is 0 Å². The maximum atomic E-state index is 13.2. The highest BCUT2D eigenvalue weighted by Crippen LogP contribution is 2.48. The third kappa shape index (κ3) is 3.74. The van der Waals surface area contributed by atoms with Gasteiger partial charge in [0.15, 0.2) is 0 Å². The minimum atomic E-state index is -0.496. The second-order valence-electron chi connectivity index (χ2n) is 7.58. The van der Waals surface area contributed by atoms with Gasteiger partial charge in [-0.3, -0.25) is 9.69 Å². The summed E-state index contributed by atoms with van der Waals surface area (Å²) in [5.41, 5.74) is 1.47. The van der Waals surface area contributed by atoms with Gasteiger partial charge in [-0.2, -0.15) is 0 Å². The summed E-state index contributed by atoms with van der Waals surface area (Å²) in [7, 11) is 0. The van der Waals surface area contributed by atoms with E-state index in [-0.39, 0.29) is 17.8 Å². The van der Waals surface area contributed by atoms with Gasteiger partial charge in [0.2, 0.25) is 5.91 Å². The van der Waals surface area contributed by atoms with Gasteiger partial charge < -0.3 is 5.32 Å². The van der Waals surface area contributed by atoms with E-state index in [0.717, 1.165) is 42.1 Å². The molecule has 142 valence electrons. The van der Waals surface area contributed by atoms with Crippen LogP contribution in [0.2, 0.25) is 5.02 Å². The van der Waals surface area contributed by atoms with Gasteiger partial charge in [-0.25, -0.2) is 4.39 Å². The molecule has 2 aliphatic rings. The number of halogens is 2. The average molecular weight is 387 g/mol. The monoisotopic (exact) mass is 386 g/mol. The number of carbonyl (C=O) groups excluding carboxylic acids is 1. The van der Waals surface area contributed by atoms with Crippen LogP contribution in [0.25, 0.3) is 0 Å². The fourth-order valence-electron chi connectivity index (χ4n) is 4.13. The molecule has 1 unspecified atom stereocenters. The highest BCUT2D eigenvalue weighted by Gasteiger charge is 2.51. The number of amides is 1. The van der Waals surface area contributed by atoms with Crippen molar-refractivity contribution < 1.29 is 9.18 Å². The van der Waals surface area contributed by atoms with E-state index in [2.05, 4.69) is 10.2 Å². The highest BCUT2D eigenvalue weighted by atomic mass is 35.5. The van der Waals surface area contributed by atoms with Crippen LogP contribution in [0.15, 0.2) is 48.5 Å². The fraction of sp³-hybridized carbons (Fsp3) is 0.409. The normalized spacial score (nSPS) is 19.6. The van der Waals surface area contributed by atoms with Crippen LogP contribution in [0.5, 0.6) is 0 Å². The second kappa shape index (κ2) is 7.61. The number of nitrogens with one attached hydrogen (secondary N) is 1. The summed E-state index contributed by atoms with van der Waals surface area (Å²) >= 11 is 6.45. The first kappa shape index (κ1) is 18.5. The molecule has 5 heteroatoms. The fourth-order valence-corrected chi connectivity index (χ4v) is 4.40. The van der Waals surface area contributed by atoms with E-state index < -0.39 is 5.41 Å². The molecule has 1 atom stereocenters. The van der Waals surface area contributed by atoms with Crippen LogP contribution >= 0.6 is 11.6 Å². The molecule has 1 saturated carbocycles. The zero-order chi connectivity index (χ0) is 18.9. The number of hydrogen-bond acceptors (Lipinski definition) is 2. The summed E-state index contributed by atoms with van der Waals surface area (Å²) in [5, 5.41) is 3.91. The molecule has 1 heterocycles. The number of likely N-dealkylation sites (tertiary alicyclic amines) is 1. The molecule has 2 fully saturated rings. The molecule has 1 aliphatic carbocycles. The van der Waals surface area contributed by atoms with Gasteiger partial charge in [0.1, 0.15) is 5.82 Å². The summed E-state index contributed by atoms with van der Waals surface area (Å²) < 4.78 is 13.2. The number of benzene rings is 2. The largest absolute Gasteiger partial charge is 0.353 e. The predicted molar refractivity (Wildman–Crippen MR) is 105 cm³/mol. The molecule has 3 nitrogen and oxygen atoms in total. The lowest BCUT2D eigenvalue weighted by Gasteiger charge is -2.29. The van der Waals surface area contributed by atoms with Gasteiger partial charge in [0, 0.05) is 11.6 Å². The van der Waals surface area contributed by atoms with Crippen molar-refractivity contribution in [1.82, 2.24) is 10.2 Å². The molecule has 0 aromatic heterocycles. The van der Waals surface area contributed by atoms with Crippen molar-refractivity contribution in [2.75, 3.05) is 19.6 Å². The van der Waals surface area contributed by atoms with E-state index >= 15 is 0 Å². The molecule has 27 heavy (non-hydrogen) atoms. The van der Waals surface area contributed by atoms with Crippen molar-refractivity contribution in [3.8, 4) is 0 Å². The summed E-state index contributed by atoms with van der Waals surface area (Å²) in [6.07, 6.45) is 3.97. The van der Waals surface area contributed by atoms with Gasteiger partial charge in [-0.15, -0.1) is 0 Å². The molecular formula is C22H24ClFN2O. The molecule has 0 spiro atoms. The average Bonchev–Trinajstić information content (AvgIpc) is 3.31. The standard InChI is InChI=1S/C22H24ClFN2O/c23-19-6-2-1-5-18(19)20(26-13-3-4-14-26)15-25-21(27)22(11-12-22)16-7-9-17(24)10-8-16/h1-2,5-10,20H,3-4,11-15H2,(H,25,27). The second-order valence-corrected chi connectivity index (χ2v) is 7.99. The Balaban J connectivity index is 1.50. The first-order chi connectivity index (χ1) is 13.1. The van der Waals surface area contributed by atoms with E-state index in [9.17, 15) is 9.18 Å². The molecule has 2 aromatic carbocycles. The molecule has 1 aliphatic heterocycles. The van der Waals surface area contributed by atoms with Gasteiger partial charge in [-0.05, 0) is 68.1 Å². The maximum Gasteiger partial charge on any atom is 0.230 e. The molecule has 1 N–H and O–H groups in total. The van der Waals surface area contributed by atoms with E-state index in [0.29, 0.717) is 6.54 Å². The molecule has 0 bridgehead atoms. The van der Waals surface area contributed by atoms with Crippen molar-refractivity contribution >= 4 is 17.5 Å². The molecular weight excluding hydrogens is 363 g/mol. The molecule has 1 amide bonds. The highest BCUT2D eigenvalue weighted by molar-refractivity contribution is 6.31. The van der Waals surface area contributed by atoms with Gasteiger partial charge in [-0.1, -0.05) is 41.9 Å². The summed E-state index contributed by atoms with van der Waals surface area (Å²) in [4.78, 5) is 15.4. The summed E-state index contributed by atoms with van der Waals surface area (Å²) in [6, 6.07) is 14.3. The topological polar surface area (TPSA) is 32.3 Å². The zero-order valence-corrected chi connectivity index (χ0v) is 16.0. The van der Waals surface area contributed by atoms with Crippen LogP contribution in [-0.2, 0) is 10.2 Å². The van der Waals surface area contributed by atoms with Crippen LogP contribution in [0.3, 0.4) is 0 Å². The van der Waals surface area contributed by atoms with Crippen molar-refractivity contribution in [3.05, 3.63) is 70.5 Å². The lowest BCUT2D eigenvalue weighted by atomic mass is 9.94. The Hall–Kier alpha value is -1.91. The van der Waals surface area contributed by atoms with E-state index in [1.807, 2.05) is 24.3 Å². The van der Waals surface area contributed by atoms with Crippen molar-refractivity contribution in [3.63, 3.8) is 0 Å². The SMILES string of the molecule is O=C(NCC(c1ccccc1Cl)N1CCCC1)C1(c2ccc(F)cc2)CC1. The summed E-state index contributed by atoms with van der Waals surface area (Å²) in [5.74, 6) is -0.242. The maximum absolute atomic E-state index is 13.2. The first-order valence-electron chi connectivity index (χ1n) is 9.63. The predicted octanol–water partition coefficient (Wildman–Crippen LogP) is 4.46. The van der Waals surface area contributed by atoms with Gasteiger partial charge in [0.25, 0.3) is 0 Å². The molecule has 0 radical (unpaired) electrons. The van der Waals surface area contributed by atoms with Crippen LogP contribution < -0.4 is 5.32 Å². The van der Waals surface area contributed by atoms with Crippen molar-refractivity contribution in [1.29, 1.82) is 0 Å². The lowest BCUT2D eigenvalue weighted by Crippen LogP contribution is -2.41. The third-order valence-corrected chi connectivity index (χ3v) is 6.23. The van der Waals surface area contributed by atoms with Crippen LogP contribution in [0, 0.1) is 5.82 Å². The van der Waals surface area contributed by atoms with Crippen LogP contribution in [-0.4, -0.2) is 30.4 Å². The molecule has 2 aromatic rings. The number of nitrogens with zero attached hydrogens (tertiary/aromatic N) is 1. The Morgan fingerprint density at radius 2 is 1.78 bits per heavy atom. The summed E-state index contributed by atoms with van der Waals surface area (Å²) in [6.45, 7) is 2.58. The Morgan fingerprint density at radius 1 is 1.11 bits per heavy atom. The minimum absolute atomic E-state index is 0.0327. The Morgan fingerprint density at radius 3 is 2.41 bits per heavy atom. The minimum Gasteiger partial charge on any atom is -0.353 e. The van der Waals surface area contributed by atoms with E-state index in [4.69, 9.17) is 11.6 Å². The first-order valence-corrected chi connectivity index (χ1v) is 10.0. The number of rotatable bonds is 6. The van der Waals surface area contributed by atoms with Gasteiger partial charge in [0.05, 0.1) is 11.5 Å². The third-order valence-electron chi connectivity index (χ3n) is 5.88. The Labute approximate surface area is 164 Å². The number of carbonyl (C=O) groups is 1. The Kier molecular flexibility index (Phi) is 5.20. The van der Waals surface area contributed by atoms with Crippen LogP contribution in [0.1, 0.15) is 42.9 Å². The van der Waals surface area contributed by atoms with E-state index in [1.54, 1.807) is 12.1 Å². The van der Waals surface area contributed by atoms with E-state index in [1.165, 1.54) is 25.0 Å². The number of hydrogen-bond donors (Lipinski definition) is 1. The van der Waals surface area contributed by atoms with Crippen molar-refractivity contribution in [2.45, 2.75) is 37.1 Å². The Bertz CT molecular complexity index is 813. The lowest BCUT2D eigenvalue weighted by molar-refractivity contribution is -0.123. The molecule has 4 rings (SSSR count). The zero-order valence-electron chi connectivity index (χ0n) is 15.3. The van der Waals surface area contributed by atoms with Gasteiger partial charge >= 0.3 is 0 Å².